The zero-order valence-electron chi connectivity index (χ0n) is 27.4. The standard InChI is InChI=1S/C34H44B2O7/c1-22-20-24(21-23(2)29(22)37-11)30(38-27-16-12-25(13-17-27)35-40-31(3,4)32(5,6)41-35)39-28-18-14-26(15-19-28)36-42-33(7,8)34(9,10)43-36/h12-21,30H,1-11H3. The van der Waals surface area contributed by atoms with Crippen molar-refractivity contribution in [3.05, 3.63) is 77.4 Å². The van der Waals surface area contributed by atoms with Crippen LogP contribution in [0.4, 0.5) is 0 Å². The average molecular weight is 586 g/mol. The maximum Gasteiger partial charge on any atom is 0.494 e. The Bertz CT molecular complexity index is 1310. The Labute approximate surface area is 257 Å². The van der Waals surface area contributed by atoms with Gasteiger partial charge in [-0.3, -0.25) is 0 Å². The first-order chi connectivity index (χ1) is 20.0. The lowest BCUT2D eigenvalue weighted by Gasteiger charge is -2.32. The Morgan fingerprint density at radius 3 is 1.19 bits per heavy atom. The number of ether oxygens (including phenoxy) is 3. The fourth-order valence-corrected chi connectivity index (χ4v) is 5.21. The maximum absolute atomic E-state index is 6.48. The van der Waals surface area contributed by atoms with E-state index in [0.29, 0.717) is 11.5 Å². The van der Waals surface area contributed by atoms with Crippen LogP contribution in [0.2, 0.25) is 0 Å². The summed E-state index contributed by atoms with van der Waals surface area (Å²) in [5.41, 5.74) is 3.10. The molecule has 0 saturated carbocycles. The molecule has 2 heterocycles. The highest BCUT2D eigenvalue weighted by Gasteiger charge is 2.52. The van der Waals surface area contributed by atoms with Gasteiger partial charge in [-0.15, -0.1) is 0 Å². The molecular weight excluding hydrogens is 542 g/mol. The van der Waals surface area contributed by atoms with E-state index in [1.807, 2.05) is 130 Å². The number of rotatable bonds is 8. The second kappa shape index (κ2) is 11.2. The molecule has 0 N–H and O–H groups in total. The van der Waals surface area contributed by atoms with E-state index in [4.69, 9.17) is 32.8 Å². The van der Waals surface area contributed by atoms with Gasteiger partial charge in [0.2, 0.25) is 0 Å². The van der Waals surface area contributed by atoms with Gasteiger partial charge in [-0.2, -0.15) is 0 Å². The first kappa shape index (κ1) is 31.5. The van der Waals surface area contributed by atoms with E-state index in [2.05, 4.69) is 0 Å². The van der Waals surface area contributed by atoms with Gasteiger partial charge in [0.15, 0.2) is 0 Å². The van der Waals surface area contributed by atoms with Crippen molar-refractivity contribution in [2.24, 2.45) is 0 Å². The highest BCUT2D eigenvalue weighted by molar-refractivity contribution is 6.62. The number of methoxy groups -OCH3 is 1. The van der Waals surface area contributed by atoms with Crippen LogP contribution in [-0.2, 0) is 18.6 Å². The molecule has 0 unspecified atom stereocenters. The van der Waals surface area contributed by atoms with Crippen LogP contribution in [0.1, 0.15) is 78.4 Å². The van der Waals surface area contributed by atoms with Gasteiger partial charge in [0.1, 0.15) is 17.2 Å². The molecule has 5 rings (SSSR count). The van der Waals surface area contributed by atoms with Crippen molar-refractivity contribution in [3.8, 4) is 17.2 Å². The van der Waals surface area contributed by atoms with E-state index < -0.39 is 42.9 Å². The molecule has 9 heteroatoms. The lowest BCUT2D eigenvalue weighted by atomic mass is 9.79. The molecule has 0 spiro atoms. The average Bonchev–Trinajstić information content (AvgIpc) is 3.28. The summed E-state index contributed by atoms with van der Waals surface area (Å²) in [5, 5.41) is 0. The van der Waals surface area contributed by atoms with Crippen molar-refractivity contribution in [2.75, 3.05) is 7.11 Å². The number of benzene rings is 3. The van der Waals surface area contributed by atoms with Crippen LogP contribution >= 0.6 is 0 Å². The molecule has 3 aromatic carbocycles. The monoisotopic (exact) mass is 586 g/mol. The molecule has 2 aliphatic rings. The zero-order valence-corrected chi connectivity index (χ0v) is 27.4. The normalized spacial score (nSPS) is 20.0. The Hall–Kier alpha value is -2.97. The molecule has 7 nitrogen and oxygen atoms in total. The van der Waals surface area contributed by atoms with Crippen LogP contribution in [0.15, 0.2) is 60.7 Å². The van der Waals surface area contributed by atoms with E-state index >= 15 is 0 Å². The third-order valence-electron chi connectivity index (χ3n) is 9.26. The smallest absolute Gasteiger partial charge is 0.494 e. The Morgan fingerprint density at radius 1 is 0.558 bits per heavy atom. The number of aryl methyl sites for hydroxylation is 2. The van der Waals surface area contributed by atoms with E-state index in [1.54, 1.807) is 7.11 Å². The number of hydrogen-bond donors (Lipinski definition) is 0. The highest BCUT2D eigenvalue weighted by atomic mass is 16.7. The van der Waals surface area contributed by atoms with Gasteiger partial charge in [-0.1, -0.05) is 24.3 Å². The lowest BCUT2D eigenvalue weighted by Crippen LogP contribution is -2.41. The van der Waals surface area contributed by atoms with Crippen LogP contribution < -0.4 is 25.1 Å². The first-order valence-corrected chi connectivity index (χ1v) is 14.9. The molecule has 2 fully saturated rings. The molecule has 43 heavy (non-hydrogen) atoms. The third-order valence-corrected chi connectivity index (χ3v) is 9.26. The van der Waals surface area contributed by atoms with Crippen molar-refractivity contribution < 1.29 is 32.8 Å². The molecule has 0 atom stereocenters. The van der Waals surface area contributed by atoms with Crippen LogP contribution in [0.25, 0.3) is 0 Å². The highest BCUT2D eigenvalue weighted by Crippen LogP contribution is 2.38. The van der Waals surface area contributed by atoms with E-state index in [0.717, 1.165) is 33.4 Å². The summed E-state index contributed by atoms with van der Waals surface area (Å²) in [6.45, 7) is 20.4. The Morgan fingerprint density at radius 2 is 0.884 bits per heavy atom. The van der Waals surface area contributed by atoms with Gasteiger partial charge in [-0.25, -0.2) is 0 Å². The Balaban J connectivity index is 1.38. The van der Waals surface area contributed by atoms with Crippen LogP contribution in [0, 0.1) is 13.8 Å². The van der Waals surface area contributed by atoms with Gasteiger partial charge in [0.05, 0.1) is 29.5 Å². The van der Waals surface area contributed by atoms with Gasteiger partial charge in [0.25, 0.3) is 6.29 Å². The van der Waals surface area contributed by atoms with Crippen molar-refractivity contribution in [1.29, 1.82) is 0 Å². The Kier molecular flexibility index (Phi) is 8.18. The minimum absolute atomic E-state index is 0.409. The predicted octanol–water partition coefficient (Wildman–Crippen LogP) is 6.07. The van der Waals surface area contributed by atoms with Crippen molar-refractivity contribution in [1.82, 2.24) is 0 Å². The van der Waals surface area contributed by atoms with Crippen molar-refractivity contribution in [2.45, 2.75) is 97.9 Å². The van der Waals surface area contributed by atoms with Crippen LogP contribution in [0.3, 0.4) is 0 Å². The molecule has 0 amide bonds. The molecule has 0 aromatic heterocycles. The molecule has 0 bridgehead atoms. The number of hydrogen-bond acceptors (Lipinski definition) is 7. The van der Waals surface area contributed by atoms with Crippen LogP contribution in [0.5, 0.6) is 17.2 Å². The molecule has 0 aliphatic carbocycles. The maximum atomic E-state index is 6.48. The first-order valence-electron chi connectivity index (χ1n) is 14.9. The van der Waals surface area contributed by atoms with E-state index in [1.165, 1.54) is 0 Å². The summed E-state index contributed by atoms with van der Waals surface area (Å²) in [6, 6.07) is 19.6. The van der Waals surface area contributed by atoms with Crippen LogP contribution in [-0.4, -0.2) is 43.8 Å². The summed E-state index contributed by atoms with van der Waals surface area (Å²) in [6.07, 6.45) is -0.714. The fraction of sp³-hybridized carbons (Fsp3) is 0.471. The molecule has 0 radical (unpaired) electrons. The zero-order chi connectivity index (χ0) is 31.4. The second-order valence-corrected chi connectivity index (χ2v) is 13.6. The molecule has 2 aliphatic heterocycles. The SMILES string of the molecule is COc1c(C)cc(C(Oc2ccc(B3OC(C)(C)C(C)(C)O3)cc2)Oc2ccc(B3OC(C)(C)C(C)(C)O3)cc2)cc1C. The van der Waals surface area contributed by atoms with Crippen molar-refractivity contribution >= 4 is 25.2 Å². The lowest BCUT2D eigenvalue weighted by molar-refractivity contribution is 0.00372. The predicted molar refractivity (Wildman–Crippen MR) is 171 cm³/mol. The van der Waals surface area contributed by atoms with Gasteiger partial charge >= 0.3 is 14.2 Å². The largest absolute Gasteiger partial charge is 0.496 e. The minimum Gasteiger partial charge on any atom is -0.496 e. The second-order valence-electron chi connectivity index (χ2n) is 13.6. The third kappa shape index (κ3) is 6.18. The summed E-state index contributed by atoms with van der Waals surface area (Å²) in [5.74, 6) is 2.16. The van der Waals surface area contributed by atoms with E-state index in [9.17, 15) is 0 Å². The summed E-state index contributed by atoms with van der Waals surface area (Å²) in [4.78, 5) is 0. The topological polar surface area (TPSA) is 64.6 Å². The minimum atomic E-state index is -0.714. The van der Waals surface area contributed by atoms with Gasteiger partial charge < -0.3 is 32.8 Å². The summed E-state index contributed by atoms with van der Waals surface area (Å²) in [7, 11) is 0.795. The summed E-state index contributed by atoms with van der Waals surface area (Å²) >= 11 is 0. The molecule has 228 valence electrons. The molecule has 3 aromatic rings. The summed E-state index contributed by atoms with van der Waals surface area (Å²) < 4.78 is 43.4. The quantitative estimate of drug-likeness (QED) is 0.235. The van der Waals surface area contributed by atoms with Crippen molar-refractivity contribution in [3.63, 3.8) is 0 Å². The molecular formula is C34H44B2O7. The van der Waals surface area contributed by atoms with E-state index in [-0.39, 0.29) is 0 Å². The van der Waals surface area contributed by atoms with Gasteiger partial charge in [-0.05, 0) is 128 Å². The van der Waals surface area contributed by atoms with Gasteiger partial charge in [0, 0.05) is 5.56 Å². The fourth-order valence-electron chi connectivity index (χ4n) is 5.21. The molecule has 2 saturated heterocycles.